The van der Waals surface area contributed by atoms with Gasteiger partial charge in [-0.1, -0.05) is 63.4 Å². The molecule has 15 heavy (non-hydrogen) atoms. The zero-order valence-corrected chi connectivity index (χ0v) is 13.9. The van der Waals surface area contributed by atoms with Gasteiger partial charge in [-0.25, -0.2) is 0 Å². The van der Waals surface area contributed by atoms with E-state index in [0.717, 1.165) is 0 Å². The second-order valence-corrected chi connectivity index (χ2v) is 9.31. The van der Waals surface area contributed by atoms with Gasteiger partial charge in [0.2, 0.25) is 3.73 Å². The van der Waals surface area contributed by atoms with Crippen LogP contribution in [0.15, 0.2) is 30.3 Å². The molecule has 82 valence electrons. The Labute approximate surface area is 129 Å². The standard InChI is InChI=1S/C9H8I3NO2/c10-8(11)9(12,15)13-7(14)6-4-2-1-3-5-6/h1-5,8,15H,(H,13,14). The van der Waals surface area contributed by atoms with Crippen LogP contribution >= 0.6 is 67.8 Å². The van der Waals surface area contributed by atoms with E-state index in [0.29, 0.717) is 5.56 Å². The van der Waals surface area contributed by atoms with Crippen molar-refractivity contribution in [3.05, 3.63) is 35.9 Å². The number of hydrogen-bond acceptors (Lipinski definition) is 2. The molecule has 2 N–H and O–H groups in total. The quantitative estimate of drug-likeness (QED) is 0.267. The van der Waals surface area contributed by atoms with Gasteiger partial charge in [0.15, 0.2) is 0 Å². The minimum Gasteiger partial charge on any atom is -0.361 e. The molecule has 1 atom stereocenters. The fourth-order valence-electron chi connectivity index (χ4n) is 0.875. The second kappa shape index (κ2) is 5.96. The predicted molar refractivity (Wildman–Crippen MR) is 84.7 cm³/mol. The largest absolute Gasteiger partial charge is 0.361 e. The van der Waals surface area contributed by atoms with E-state index < -0.39 is 3.73 Å². The minimum atomic E-state index is -1.23. The van der Waals surface area contributed by atoms with E-state index in [4.69, 9.17) is 0 Å². The Morgan fingerprint density at radius 3 is 2.33 bits per heavy atom. The number of carbonyl (C=O) groups is 1. The summed E-state index contributed by atoms with van der Waals surface area (Å²) >= 11 is 5.92. The molecular formula is C9H8I3NO2. The van der Waals surface area contributed by atoms with Crippen molar-refractivity contribution >= 4 is 73.7 Å². The number of hydrogen-bond donors (Lipinski definition) is 2. The summed E-state index contributed by atoms with van der Waals surface area (Å²) in [4.78, 5) is 11.7. The first-order valence-electron chi connectivity index (χ1n) is 4.00. The maximum atomic E-state index is 11.7. The molecule has 1 aromatic rings. The predicted octanol–water partition coefficient (Wildman–Crippen LogP) is 2.69. The molecule has 1 amide bonds. The van der Waals surface area contributed by atoms with E-state index in [9.17, 15) is 9.90 Å². The average Bonchev–Trinajstić information content (AvgIpc) is 2.18. The van der Waals surface area contributed by atoms with Gasteiger partial charge in [0, 0.05) is 5.56 Å². The van der Waals surface area contributed by atoms with E-state index in [1.165, 1.54) is 0 Å². The molecule has 0 saturated heterocycles. The van der Waals surface area contributed by atoms with Gasteiger partial charge in [-0.15, -0.1) is 0 Å². The number of nitrogens with one attached hydrogen (secondary N) is 1. The van der Waals surface area contributed by atoms with Gasteiger partial charge in [0.1, 0.15) is 1.93 Å². The van der Waals surface area contributed by atoms with Gasteiger partial charge in [0.25, 0.3) is 5.91 Å². The van der Waals surface area contributed by atoms with E-state index in [1.807, 2.05) is 28.7 Å². The molecular weight excluding hydrogens is 535 g/mol. The molecule has 1 aromatic carbocycles. The van der Waals surface area contributed by atoms with Gasteiger partial charge in [-0.3, -0.25) is 4.79 Å². The lowest BCUT2D eigenvalue weighted by atomic mass is 10.2. The summed E-state index contributed by atoms with van der Waals surface area (Å²) in [6.45, 7) is 0. The number of carbonyl (C=O) groups excluding carboxylic acids is 1. The molecule has 6 heteroatoms. The summed E-state index contributed by atoms with van der Waals surface area (Å²) in [6, 6.07) is 8.82. The van der Waals surface area contributed by atoms with Crippen LogP contribution in [-0.4, -0.2) is 16.7 Å². The molecule has 0 aromatic heterocycles. The Morgan fingerprint density at radius 2 is 1.87 bits per heavy atom. The monoisotopic (exact) mass is 543 g/mol. The van der Waals surface area contributed by atoms with Crippen molar-refractivity contribution in [1.82, 2.24) is 5.32 Å². The summed E-state index contributed by atoms with van der Waals surface area (Å²) in [5, 5.41) is 12.4. The zero-order valence-electron chi connectivity index (χ0n) is 7.45. The summed E-state index contributed by atoms with van der Waals surface area (Å²) in [5.41, 5.74) is 0.543. The molecule has 0 aliphatic rings. The first-order valence-corrected chi connectivity index (χ1v) is 7.57. The highest BCUT2D eigenvalue weighted by molar-refractivity contribution is 14.2. The van der Waals surface area contributed by atoms with Gasteiger partial charge < -0.3 is 10.4 Å². The maximum Gasteiger partial charge on any atom is 0.254 e. The maximum absolute atomic E-state index is 11.7. The van der Waals surface area contributed by atoms with Crippen LogP contribution in [0.4, 0.5) is 0 Å². The van der Waals surface area contributed by atoms with E-state index in [1.54, 1.807) is 24.3 Å². The van der Waals surface area contributed by atoms with Crippen molar-refractivity contribution in [3.63, 3.8) is 0 Å². The summed E-state index contributed by atoms with van der Waals surface area (Å²) in [7, 11) is 0. The van der Waals surface area contributed by atoms with Crippen molar-refractivity contribution in [2.24, 2.45) is 0 Å². The van der Waals surface area contributed by atoms with Crippen LogP contribution in [0, 0.1) is 0 Å². The smallest absolute Gasteiger partial charge is 0.254 e. The highest BCUT2D eigenvalue weighted by Gasteiger charge is 2.32. The van der Waals surface area contributed by atoms with Crippen molar-refractivity contribution < 1.29 is 9.90 Å². The van der Waals surface area contributed by atoms with E-state index >= 15 is 0 Å². The lowest BCUT2D eigenvalue weighted by Gasteiger charge is -2.24. The minimum absolute atomic E-state index is 0.110. The highest BCUT2D eigenvalue weighted by Crippen LogP contribution is 2.28. The molecule has 1 unspecified atom stereocenters. The number of alkyl halides is 3. The van der Waals surface area contributed by atoms with E-state index in [-0.39, 0.29) is 7.84 Å². The topological polar surface area (TPSA) is 49.3 Å². The molecule has 0 aliphatic carbocycles. The van der Waals surface area contributed by atoms with Gasteiger partial charge in [-0.05, 0) is 34.7 Å². The van der Waals surface area contributed by atoms with Crippen molar-refractivity contribution in [3.8, 4) is 0 Å². The third-order valence-electron chi connectivity index (χ3n) is 1.61. The van der Waals surface area contributed by atoms with Crippen LogP contribution in [-0.2, 0) is 0 Å². The first kappa shape index (κ1) is 13.9. The molecule has 0 fully saturated rings. The molecule has 0 aliphatic heterocycles. The Morgan fingerprint density at radius 1 is 1.33 bits per heavy atom. The van der Waals surface area contributed by atoms with Crippen LogP contribution in [0.5, 0.6) is 0 Å². The van der Waals surface area contributed by atoms with Crippen LogP contribution in [0.1, 0.15) is 10.4 Å². The fourth-order valence-corrected chi connectivity index (χ4v) is 1.43. The molecule has 3 nitrogen and oxygen atoms in total. The molecule has 0 radical (unpaired) electrons. The van der Waals surface area contributed by atoms with Crippen molar-refractivity contribution in [1.29, 1.82) is 0 Å². The SMILES string of the molecule is O=C(NC(O)(I)C(I)I)c1ccccc1. The first-order chi connectivity index (χ1) is 6.93. The lowest BCUT2D eigenvalue weighted by Crippen LogP contribution is -2.47. The van der Waals surface area contributed by atoms with Crippen LogP contribution in [0.3, 0.4) is 0 Å². The van der Waals surface area contributed by atoms with Crippen LogP contribution in [0.25, 0.3) is 0 Å². The molecule has 1 rings (SSSR count). The summed E-state index contributed by atoms with van der Waals surface area (Å²) < 4.78 is -1.34. The van der Waals surface area contributed by atoms with Crippen LogP contribution < -0.4 is 5.32 Å². The second-order valence-electron chi connectivity index (χ2n) is 2.79. The molecule has 0 heterocycles. The third kappa shape index (κ3) is 4.30. The summed E-state index contributed by atoms with van der Waals surface area (Å²) in [6.07, 6.45) is 0. The highest BCUT2D eigenvalue weighted by atomic mass is 127. The lowest BCUT2D eigenvalue weighted by molar-refractivity contribution is 0.0792. The number of benzene rings is 1. The Hall–Kier alpha value is 0.840. The average molecular weight is 543 g/mol. The fraction of sp³-hybridized carbons (Fsp3) is 0.222. The van der Waals surface area contributed by atoms with Gasteiger partial charge >= 0.3 is 0 Å². The van der Waals surface area contributed by atoms with Gasteiger partial charge in [-0.2, -0.15) is 0 Å². The van der Waals surface area contributed by atoms with Crippen molar-refractivity contribution in [2.75, 3.05) is 0 Å². The Kier molecular flexibility index (Phi) is 5.52. The van der Waals surface area contributed by atoms with Crippen LogP contribution in [0.2, 0.25) is 0 Å². The molecule has 0 bridgehead atoms. The Balaban J connectivity index is 2.73. The third-order valence-corrected chi connectivity index (χ3v) is 6.69. The number of amides is 1. The normalized spacial score (nSPS) is 14.7. The van der Waals surface area contributed by atoms with Gasteiger partial charge in [0.05, 0.1) is 0 Å². The van der Waals surface area contributed by atoms with E-state index in [2.05, 4.69) is 50.5 Å². The Bertz CT molecular complexity index is 340. The van der Waals surface area contributed by atoms with Crippen molar-refractivity contribution in [2.45, 2.75) is 5.66 Å². The number of halogens is 3. The number of rotatable bonds is 3. The number of aliphatic hydroxyl groups is 1. The molecule has 0 spiro atoms. The zero-order chi connectivity index (χ0) is 11.5. The summed E-state index contributed by atoms with van der Waals surface area (Å²) in [5.74, 6) is -0.272. The molecule has 0 saturated carbocycles.